The Balaban J connectivity index is 0. The molecule has 0 saturated heterocycles. The quantitative estimate of drug-likeness (QED) is 0.397. The van der Waals surface area contributed by atoms with Crippen molar-refractivity contribution in [2.75, 3.05) is 0 Å². The molecule has 0 bridgehead atoms. The number of hydrogen-bond donors (Lipinski definition) is 0. The van der Waals surface area contributed by atoms with Crippen LogP contribution in [-0.2, 0) is 0 Å². The van der Waals surface area contributed by atoms with Crippen LogP contribution < -0.4 is 69.3 Å². The molecule has 68 valence electrons. The summed E-state index contributed by atoms with van der Waals surface area (Å²) < 4.78 is 0.513. The van der Waals surface area contributed by atoms with E-state index < -0.39 is 11.9 Å². The van der Waals surface area contributed by atoms with E-state index in [1.54, 1.807) is 0 Å². The summed E-state index contributed by atoms with van der Waals surface area (Å²) in [6.45, 7) is 0. The van der Waals surface area contributed by atoms with E-state index in [2.05, 4.69) is 0 Å². The Morgan fingerprint density at radius 3 is 1.53 bits per heavy atom. The van der Waals surface area contributed by atoms with Crippen molar-refractivity contribution in [1.29, 1.82) is 0 Å². The van der Waals surface area contributed by atoms with Gasteiger partial charge in [-0.1, -0.05) is 0 Å². The van der Waals surface area contributed by atoms with Crippen LogP contribution in [0, 0.1) is 3.57 Å². The van der Waals surface area contributed by atoms with Crippen molar-refractivity contribution < 1.29 is 78.9 Å². The van der Waals surface area contributed by atoms with Gasteiger partial charge in [0.2, 0.25) is 0 Å². The fourth-order valence-electron chi connectivity index (χ4n) is 0.825. The van der Waals surface area contributed by atoms with Gasteiger partial charge in [-0.2, -0.15) is 0 Å². The molecule has 0 aliphatic heterocycles. The van der Waals surface area contributed by atoms with E-state index in [-0.39, 0.29) is 70.2 Å². The smallest absolute Gasteiger partial charge is 0.545 e. The van der Waals surface area contributed by atoms with E-state index in [0.29, 0.717) is 3.57 Å². The van der Waals surface area contributed by atoms with Gasteiger partial charge in [-0.05, 0) is 51.9 Å². The minimum atomic E-state index is -1.40. The van der Waals surface area contributed by atoms with Crippen LogP contribution in [0.3, 0.4) is 0 Å². The molecule has 0 amide bonds. The monoisotopic (exact) mass is 336 g/mol. The normalized spacial score (nSPS) is 8.33. The van der Waals surface area contributed by atoms with E-state index in [1.807, 2.05) is 22.6 Å². The summed E-state index contributed by atoms with van der Waals surface area (Å²) in [5.74, 6) is -2.80. The Kier molecular flexibility index (Phi) is 9.80. The molecular formula is C8H3INa2O4. The summed E-state index contributed by atoms with van der Waals surface area (Å²) in [5, 5.41) is 20.8. The van der Waals surface area contributed by atoms with Crippen molar-refractivity contribution in [3.05, 3.63) is 32.9 Å². The van der Waals surface area contributed by atoms with Crippen LogP contribution in [-0.4, -0.2) is 11.9 Å². The molecule has 0 saturated carbocycles. The summed E-state index contributed by atoms with van der Waals surface area (Å²) in [4.78, 5) is 20.8. The summed E-state index contributed by atoms with van der Waals surface area (Å²) in [5.41, 5.74) is -0.322. The van der Waals surface area contributed by atoms with Crippen molar-refractivity contribution in [2.24, 2.45) is 0 Å². The number of carboxylic acid groups (broad SMARTS) is 2. The summed E-state index contributed by atoms with van der Waals surface area (Å²) in [6.07, 6.45) is 0. The Morgan fingerprint density at radius 1 is 0.933 bits per heavy atom. The zero-order valence-electron chi connectivity index (χ0n) is 8.24. The van der Waals surface area contributed by atoms with Crippen molar-refractivity contribution >= 4 is 34.5 Å². The van der Waals surface area contributed by atoms with Crippen LogP contribution in [0.1, 0.15) is 20.7 Å². The van der Waals surface area contributed by atoms with Crippen LogP contribution >= 0.6 is 22.6 Å². The maximum absolute atomic E-state index is 10.4. The number of aromatic carboxylic acids is 2. The third kappa shape index (κ3) is 5.67. The second-order valence-corrected chi connectivity index (χ2v) is 3.55. The molecule has 0 fully saturated rings. The molecule has 0 atom stereocenters. The van der Waals surface area contributed by atoms with Gasteiger partial charge in [0, 0.05) is 3.57 Å². The topological polar surface area (TPSA) is 80.3 Å². The number of carbonyl (C=O) groups is 2. The Labute approximate surface area is 144 Å². The van der Waals surface area contributed by atoms with Crippen LogP contribution in [0.5, 0.6) is 0 Å². The van der Waals surface area contributed by atoms with Gasteiger partial charge in [-0.3, -0.25) is 0 Å². The largest absolute Gasteiger partial charge is 1.00 e. The summed E-state index contributed by atoms with van der Waals surface area (Å²) >= 11 is 1.82. The molecule has 1 aromatic rings. The predicted molar refractivity (Wildman–Crippen MR) is 47.8 cm³/mol. The summed E-state index contributed by atoms with van der Waals surface area (Å²) in [6, 6.07) is 3.65. The zero-order chi connectivity index (χ0) is 10.0. The van der Waals surface area contributed by atoms with E-state index in [0.717, 1.165) is 6.07 Å². The number of carbonyl (C=O) groups excluding carboxylic acids is 2. The van der Waals surface area contributed by atoms with Gasteiger partial charge in [0.15, 0.2) is 0 Å². The molecule has 0 N–H and O–H groups in total. The Hall–Kier alpha value is 0.890. The molecule has 7 heteroatoms. The van der Waals surface area contributed by atoms with Gasteiger partial charge in [0.25, 0.3) is 0 Å². The van der Waals surface area contributed by atoms with Crippen molar-refractivity contribution in [3.8, 4) is 0 Å². The van der Waals surface area contributed by atoms with E-state index >= 15 is 0 Å². The van der Waals surface area contributed by atoms with Gasteiger partial charge in [-0.25, -0.2) is 0 Å². The molecular weight excluding hydrogens is 333 g/mol. The van der Waals surface area contributed by atoms with Gasteiger partial charge in [0.05, 0.1) is 11.9 Å². The molecule has 15 heavy (non-hydrogen) atoms. The number of benzene rings is 1. The van der Waals surface area contributed by atoms with Gasteiger partial charge < -0.3 is 19.8 Å². The Bertz CT molecular complexity index is 349. The first-order chi connectivity index (χ1) is 6.00. The van der Waals surface area contributed by atoms with Crippen molar-refractivity contribution in [3.63, 3.8) is 0 Å². The van der Waals surface area contributed by atoms with Crippen LogP contribution in [0.25, 0.3) is 0 Å². The molecule has 0 spiro atoms. The van der Waals surface area contributed by atoms with Gasteiger partial charge >= 0.3 is 59.1 Å². The van der Waals surface area contributed by atoms with Crippen LogP contribution in [0.4, 0.5) is 0 Å². The molecule has 0 heterocycles. The van der Waals surface area contributed by atoms with Crippen molar-refractivity contribution in [1.82, 2.24) is 0 Å². The minimum Gasteiger partial charge on any atom is -0.545 e. The SMILES string of the molecule is O=C([O-])c1cc(I)cc(C(=O)[O-])c1.[Na+].[Na+]. The molecule has 1 aromatic carbocycles. The average Bonchev–Trinajstić information content (AvgIpc) is 2.03. The van der Waals surface area contributed by atoms with Crippen molar-refractivity contribution in [2.45, 2.75) is 0 Å². The number of halogens is 1. The van der Waals surface area contributed by atoms with E-state index in [4.69, 9.17) is 0 Å². The fourth-order valence-corrected chi connectivity index (χ4v) is 1.50. The molecule has 0 unspecified atom stereocenters. The number of rotatable bonds is 2. The molecule has 0 radical (unpaired) electrons. The van der Waals surface area contributed by atoms with E-state index in [1.165, 1.54) is 12.1 Å². The third-order valence-corrected chi connectivity index (χ3v) is 1.99. The zero-order valence-corrected chi connectivity index (χ0v) is 14.4. The first-order valence-corrected chi connectivity index (χ1v) is 4.32. The summed E-state index contributed by atoms with van der Waals surface area (Å²) in [7, 11) is 0. The number of carboxylic acids is 2. The first-order valence-electron chi connectivity index (χ1n) is 3.24. The van der Waals surface area contributed by atoms with Crippen LogP contribution in [0.15, 0.2) is 18.2 Å². The maximum atomic E-state index is 10.4. The number of hydrogen-bond acceptors (Lipinski definition) is 4. The molecule has 4 nitrogen and oxygen atoms in total. The standard InChI is InChI=1S/C8H5IO4.2Na/c9-6-2-4(7(10)11)1-5(3-6)8(12)13;;/h1-3H,(H,10,11)(H,12,13);;/q;2*+1/p-2. The third-order valence-electron chi connectivity index (χ3n) is 1.37. The van der Waals surface area contributed by atoms with E-state index in [9.17, 15) is 19.8 Å². The molecule has 1 rings (SSSR count). The maximum Gasteiger partial charge on any atom is 1.00 e. The fraction of sp³-hybridized carbons (Fsp3) is 0. The predicted octanol–water partition coefficient (Wildman–Crippen LogP) is -6.97. The minimum absolute atomic E-state index is 0. The second-order valence-electron chi connectivity index (χ2n) is 2.30. The molecule has 0 aliphatic carbocycles. The second kappa shape index (κ2) is 8.05. The molecule has 0 aromatic heterocycles. The molecule has 0 aliphatic rings. The van der Waals surface area contributed by atoms with Gasteiger partial charge in [0.1, 0.15) is 0 Å². The Morgan fingerprint density at radius 2 is 1.27 bits per heavy atom. The van der Waals surface area contributed by atoms with Crippen LogP contribution in [0.2, 0.25) is 0 Å². The first kappa shape index (κ1) is 18.3. The van der Waals surface area contributed by atoms with Gasteiger partial charge in [-0.15, -0.1) is 0 Å². The average molecular weight is 336 g/mol.